The van der Waals surface area contributed by atoms with Crippen LogP contribution in [-0.4, -0.2) is 133 Å². The Kier molecular flexibility index (Phi) is 6.81. The minimum Gasteiger partial charge on any atom is -0.480 e. The van der Waals surface area contributed by atoms with Gasteiger partial charge in [-0.1, -0.05) is 0 Å². The maximum atomic E-state index is 13.2. The number of hydrogen-bond acceptors (Lipinski definition) is 9. The van der Waals surface area contributed by atoms with Crippen molar-refractivity contribution in [2.45, 2.75) is 61.7 Å². The monoisotopic (exact) mass is 444 g/mol. The van der Waals surface area contributed by atoms with Gasteiger partial charge < -0.3 is 46.0 Å². The SMILES string of the molecule is N[C@@H](CO)C(=O)N1C[C@H](O)C[C@H]1C(=O)N1C[C@H](O)C[C@H]1C(=O)N1C[C@H](O)C[C@H]1C(=O)O. The quantitative estimate of drug-likeness (QED) is 0.239. The van der Waals surface area contributed by atoms with E-state index in [2.05, 4.69) is 0 Å². The lowest BCUT2D eigenvalue weighted by Crippen LogP contribution is -2.56. The number of likely N-dealkylation sites (tertiary alicyclic amines) is 3. The Balaban J connectivity index is 1.81. The van der Waals surface area contributed by atoms with Crippen LogP contribution in [0, 0.1) is 0 Å². The number of hydrogen-bond donors (Lipinski definition) is 6. The van der Waals surface area contributed by atoms with Crippen molar-refractivity contribution in [1.29, 1.82) is 0 Å². The molecule has 31 heavy (non-hydrogen) atoms. The predicted octanol–water partition coefficient (Wildman–Crippen LogP) is -4.72. The second-order valence-electron chi connectivity index (χ2n) is 8.32. The molecule has 174 valence electrons. The topological polar surface area (TPSA) is 205 Å². The van der Waals surface area contributed by atoms with Crippen LogP contribution in [0.3, 0.4) is 0 Å². The van der Waals surface area contributed by atoms with Crippen molar-refractivity contribution in [3.05, 3.63) is 0 Å². The number of carbonyl (C=O) groups is 4. The van der Waals surface area contributed by atoms with Crippen LogP contribution in [-0.2, 0) is 19.2 Å². The molecule has 0 radical (unpaired) electrons. The first-order valence-electron chi connectivity index (χ1n) is 10.1. The third-order valence-corrected chi connectivity index (χ3v) is 6.06. The summed E-state index contributed by atoms with van der Waals surface area (Å²) in [5.41, 5.74) is 5.57. The average molecular weight is 444 g/mol. The second kappa shape index (κ2) is 9.04. The van der Waals surface area contributed by atoms with Gasteiger partial charge in [0.05, 0.1) is 24.9 Å². The Morgan fingerprint density at radius 3 is 1.61 bits per heavy atom. The summed E-state index contributed by atoms with van der Waals surface area (Å²) in [6.07, 6.45) is -3.42. The molecule has 13 nitrogen and oxygen atoms in total. The number of aliphatic hydroxyl groups is 4. The third kappa shape index (κ3) is 4.50. The highest BCUT2D eigenvalue weighted by Crippen LogP contribution is 2.29. The predicted molar refractivity (Wildman–Crippen MR) is 101 cm³/mol. The van der Waals surface area contributed by atoms with E-state index >= 15 is 0 Å². The van der Waals surface area contributed by atoms with E-state index in [1.807, 2.05) is 0 Å². The molecule has 3 aliphatic rings. The Labute approximate surface area is 177 Å². The molecular formula is C18H28N4O9. The van der Waals surface area contributed by atoms with Gasteiger partial charge in [0.2, 0.25) is 17.7 Å². The van der Waals surface area contributed by atoms with Crippen LogP contribution < -0.4 is 5.73 Å². The Bertz CT molecular complexity index is 750. The summed E-state index contributed by atoms with van der Waals surface area (Å²) in [5.74, 6) is -3.41. The van der Waals surface area contributed by atoms with Crippen LogP contribution in [0.5, 0.6) is 0 Å². The first-order chi connectivity index (χ1) is 14.5. The van der Waals surface area contributed by atoms with Crippen molar-refractivity contribution in [3.8, 4) is 0 Å². The number of rotatable bonds is 5. The van der Waals surface area contributed by atoms with Crippen LogP contribution in [0.15, 0.2) is 0 Å². The number of carbonyl (C=O) groups excluding carboxylic acids is 3. The fraction of sp³-hybridized carbons (Fsp3) is 0.778. The smallest absolute Gasteiger partial charge is 0.326 e. The highest BCUT2D eigenvalue weighted by atomic mass is 16.4. The summed E-state index contributed by atoms with van der Waals surface area (Å²) in [7, 11) is 0. The highest BCUT2D eigenvalue weighted by Gasteiger charge is 2.50. The summed E-state index contributed by atoms with van der Waals surface area (Å²) < 4.78 is 0. The van der Waals surface area contributed by atoms with E-state index in [9.17, 15) is 39.6 Å². The number of β-amino-alcohol motifs (C(OH)–C–C–N with tert-alkyl or cyclic N) is 3. The molecule has 13 heteroatoms. The standard InChI is InChI=1S/C18H28N4O9/c19-11(7-23)15(27)20-4-8(24)1-12(20)16(28)21-5-9(25)2-13(21)17(29)22-6-10(26)3-14(22)18(30)31/h8-14,23-26H,1-7,19H2,(H,30,31)/t8-,9-,10-,11+,12+,13+,14+/m1/s1. The van der Waals surface area contributed by atoms with E-state index < -0.39 is 72.8 Å². The molecule has 7 N–H and O–H groups in total. The Hall–Kier alpha value is -2.32. The van der Waals surface area contributed by atoms with Crippen molar-refractivity contribution in [3.63, 3.8) is 0 Å². The van der Waals surface area contributed by atoms with Gasteiger partial charge in [0.25, 0.3) is 0 Å². The molecule has 3 amide bonds. The minimum absolute atomic E-state index is 0.101. The average Bonchev–Trinajstić information content (AvgIpc) is 3.41. The van der Waals surface area contributed by atoms with Crippen LogP contribution >= 0.6 is 0 Å². The van der Waals surface area contributed by atoms with E-state index in [1.165, 1.54) is 0 Å². The number of carboxylic acids is 1. The lowest BCUT2D eigenvalue weighted by atomic mass is 10.1. The largest absolute Gasteiger partial charge is 0.480 e. The molecule has 0 saturated carbocycles. The fourth-order valence-electron chi connectivity index (χ4n) is 4.55. The van der Waals surface area contributed by atoms with E-state index in [-0.39, 0.29) is 38.9 Å². The minimum atomic E-state index is -1.28. The number of amides is 3. The van der Waals surface area contributed by atoms with Gasteiger partial charge in [-0.25, -0.2) is 4.79 Å². The molecule has 3 aliphatic heterocycles. The lowest BCUT2D eigenvalue weighted by Gasteiger charge is -2.33. The molecule has 0 aromatic rings. The number of nitrogens with zero attached hydrogens (tertiary/aromatic N) is 3. The third-order valence-electron chi connectivity index (χ3n) is 6.06. The fourth-order valence-corrected chi connectivity index (χ4v) is 4.55. The van der Waals surface area contributed by atoms with Gasteiger partial charge in [0, 0.05) is 38.9 Å². The van der Waals surface area contributed by atoms with Gasteiger partial charge in [0.1, 0.15) is 24.2 Å². The van der Waals surface area contributed by atoms with Crippen LogP contribution in [0.4, 0.5) is 0 Å². The molecule has 0 aromatic carbocycles. The maximum Gasteiger partial charge on any atom is 0.326 e. The van der Waals surface area contributed by atoms with Gasteiger partial charge in [-0.3, -0.25) is 14.4 Å². The van der Waals surface area contributed by atoms with Crippen molar-refractivity contribution >= 4 is 23.7 Å². The molecular weight excluding hydrogens is 416 g/mol. The van der Waals surface area contributed by atoms with Gasteiger partial charge >= 0.3 is 5.97 Å². The van der Waals surface area contributed by atoms with Crippen molar-refractivity contribution < 1.29 is 44.7 Å². The van der Waals surface area contributed by atoms with Crippen molar-refractivity contribution in [1.82, 2.24) is 14.7 Å². The van der Waals surface area contributed by atoms with Crippen LogP contribution in [0.25, 0.3) is 0 Å². The number of nitrogens with two attached hydrogens (primary N) is 1. The van der Waals surface area contributed by atoms with E-state index in [1.54, 1.807) is 0 Å². The molecule has 0 aromatic heterocycles. The Morgan fingerprint density at radius 2 is 1.16 bits per heavy atom. The van der Waals surface area contributed by atoms with Gasteiger partial charge in [0.15, 0.2) is 0 Å². The molecule has 0 spiro atoms. The number of carboxylic acid groups (broad SMARTS) is 1. The van der Waals surface area contributed by atoms with E-state index in [4.69, 9.17) is 10.8 Å². The summed E-state index contributed by atoms with van der Waals surface area (Å²) in [5, 5.41) is 48.4. The first-order valence-corrected chi connectivity index (χ1v) is 10.1. The summed E-state index contributed by atoms with van der Waals surface area (Å²) in [4.78, 5) is 53.4. The Morgan fingerprint density at radius 1 is 0.774 bits per heavy atom. The lowest BCUT2D eigenvalue weighted by molar-refractivity contribution is -0.153. The molecule has 7 atom stereocenters. The second-order valence-corrected chi connectivity index (χ2v) is 8.32. The molecule has 0 unspecified atom stereocenters. The van der Waals surface area contributed by atoms with Crippen molar-refractivity contribution in [2.24, 2.45) is 5.73 Å². The van der Waals surface area contributed by atoms with Gasteiger partial charge in [-0.2, -0.15) is 0 Å². The number of aliphatic carboxylic acids is 1. The summed E-state index contributed by atoms with van der Waals surface area (Å²) in [6, 6.07) is -4.83. The highest BCUT2D eigenvalue weighted by molar-refractivity contribution is 5.95. The molecule has 3 fully saturated rings. The molecule has 0 aliphatic carbocycles. The van der Waals surface area contributed by atoms with E-state index in [0.29, 0.717) is 0 Å². The molecule has 0 bridgehead atoms. The zero-order chi connectivity index (χ0) is 23.0. The van der Waals surface area contributed by atoms with Crippen molar-refractivity contribution in [2.75, 3.05) is 26.2 Å². The maximum absolute atomic E-state index is 13.2. The zero-order valence-electron chi connectivity index (χ0n) is 16.8. The first kappa shape index (κ1) is 23.3. The summed E-state index contributed by atoms with van der Waals surface area (Å²) >= 11 is 0. The normalized spacial score (nSPS) is 34.3. The van der Waals surface area contributed by atoms with Crippen LogP contribution in [0.2, 0.25) is 0 Å². The molecule has 3 saturated heterocycles. The van der Waals surface area contributed by atoms with Crippen LogP contribution in [0.1, 0.15) is 19.3 Å². The number of aliphatic hydroxyl groups excluding tert-OH is 4. The zero-order valence-corrected chi connectivity index (χ0v) is 16.8. The summed E-state index contributed by atoms with van der Waals surface area (Å²) in [6.45, 7) is -1.23. The molecule has 3 rings (SSSR count). The molecule has 3 heterocycles. The van der Waals surface area contributed by atoms with Gasteiger partial charge in [-0.15, -0.1) is 0 Å². The van der Waals surface area contributed by atoms with E-state index in [0.717, 1.165) is 14.7 Å². The van der Waals surface area contributed by atoms with Gasteiger partial charge in [-0.05, 0) is 0 Å².